The molecule has 2 aromatic carbocycles. The standard InChI is InChI=1S/C21H21Cl2N3O3/c1-25(13-18(27)24-20-16(22)8-5-9-17(20)23)21(29)15-10-19(28)26(12-15)11-14-6-3-2-4-7-14/h2-9,15H,10-13H2,1H3,(H,24,27)/t15-/m1/s1. The third kappa shape index (κ3) is 5.28. The predicted octanol–water partition coefficient (Wildman–Crippen LogP) is 3.44. The first kappa shape index (κ1) is 21.1. The minimum Gasteiger partial charge on any atom is -0.338 e. The maximum atomic E-state index is 12.7. The van der Waals surface area contributed by atoms with Crippen LogP contribution in [0.25, 0.3) is 0 Å². The summed E-state index contributed by atoms with van der Waals surface area (Å²) in [5.74, 6) is -1.18. The van der Waals surface area contributed by atoms with Crippen LogP contribution in [0.5, 0.6) is 0 Å². The smallest absolute Gasteiger partial charge is 0.244 e. The number of carbonyl (C=O) groups is 3. The summed E-state index contributed by atoms with van der Waals surface area (Å²) in [6, 6.07) is 14.5. The molecule has 29 heavy (non-hydrogen) atoms. The number of para-hydroxylation sites is 1. The number of carbonyl (C=O) groups excluding carboxylic acids is 3. The van der Waals surface area contributed by atoms with E-state index in [0.717, 1.165) is 5.56 Å². The Bertz CT molecular complexity index is 900. The lowest BCUT2D eigenvalue weighted by molar-refractivity contribution is -0.137. The van der Waals surface area contributed by atoms with Crippen molar-refractivity contribution in [1.29, 1.82) is 0 Å². The van der Waals surface area contributed by atoms with Gasteiger partial charge in [0.1, 0.15) is 0 Å². The minimum atomic E-state index is -0.465. The number of nitrogens with zero attached hydrogens (tertiary/aromatic N) is 2. The lowest BCUT2D eigenvalue weighted by Gasteiger charge is -2.21. The van der Waals surface area contributed by atoms with Gasteiger partial charge >= 0.3 is 0 Å². The molecule has 0 saturated carbocycles. The van der Waals surface area contributed by atoms with Crippen molar-refractivity contribution in [2.75, 3.05) is 25.5 Å². The average Bonchev–Trinajstić information content (AvgIpc) is 3.05. The minimum absolute atomic E-state index is 0.0621. The molecule has 1 saturated heterocycles. The van der Waals surface area contributed by atoms with Gasteiger partial charge in [-0.3, -0.25) is 14.4 Å². The van der Waals surface area contributed by atoms with E-state index in [4.69, 9.17) is 23.2 Å². The van der Waals surface area contributed by atoms with Crippen molar-refractivity contribution in [2.45, 2.75) is 13.0 Å². The Kier molecular flexibility index (Phi) is 6.77. The first-order valence-electron chi connectivity index (χ1n) is 9.15. The zero-order chi connectivity index (χ0) is 21.0. The molecule has 3 rings (SSSR count). The molecule has 1 atom stereocenters. The molecule has 1 aliphatic heterocycles. The number of hydrogen-bond acceptors (Lipinski definition) is 3. The Balaban J connectivity index is 1.56. The summed E-state index contributed by atoms with van der Waals surface area (Å²) in [5.41, 5.74) is 1.32. The maximum absolute atomic E-state index is 12.7. The Morgan fingerprint density at radius 3 is 2.41 bits per heavy atom. The third-order valence-electron chi connectivity index (χ3n) is 4.76. The fourth-order valence-corrected chi connectivity index (χ4v) is 3.79. The van der Waals surface area contributed by atoms with E-state index in [1.54, 1.807) is 30.1 Å². The van der Waals surface area contributed by atoms with E-state index >= 15 is 0 Å². The summed E-state index contributed by atoms with van der Waals surface area (Å²) < 4.78 is 0. The largest absolute Gasteiger partial charge is 0.338 e. The summed E-state index contributed by atoms with van der Waals surface area (Å²) in [6.45, 7) is 0.650. The summed E-state index contributed by atoms with van der Waals surface area (Å²) >= 11 is 12.1. The number of nitrogens with one attached hydrogen (secondary N) is 1. The van der Waals surface area contributed by atoms with E-state index in [1.165, 1.54) is 4.90 Å². The number of halogens is 2. The predicted molar refractivity (Wildman–Crippen MR) is 113 cm³/mol. The fourth-order valence-electron chi connectivity index (χ4n) is 3.30. The van der Waals surface area contributed by atoms with E-state index in [-0.39, 0.29) is 24.8 Å². The number of likely N-dealkylation sites (N-methyl/N-ethyl adjacent to an activating group) is 1. The molecule has 0 spiro atoms. The van der Waals surface area contributed by atoms with Gasteiger partial charge in [-0.15, -0.1) is 0 Å². The first-order valence-corrected chi connectivity index (χ1v) is 9.91. The first-order chi connectivity index (χ1) is 13.8. The van der Waals surface area contributed by atoms with Crippen molar-refractivity contribution in [3.63, 3.8) is 0 Å². The molecule has 0 unspecified atom stereocenters. The van der Waals surface area contributed by atoms with E-state index in [0.29, 0.717) is 28.8 Å². The third-order valence-corrected chi connectivity index (χ3v) is 5.39. The van der Waals surface area contributed by atoms with Crippen LogP contribution in [0.2, 0.25) is 10.0 Å². The second-order valence-corrected chi connectivity index (χ2v) is 7.81. The van der Waals surface area contributed by atoms with Crippen LogP contribution in [-0.4, -0.2) is 47.7 Å². The number of benzene rings is 2. The van der Waals surface area contributed by atoms with Crippen LogP contribution in [-0.2, 0) is 20.9 Å². The molecule has 1 N–H and O–H groups in total. The van der Waals surface area contributed by atoms with Gasteiger partial charge in [0, 0.05) is 26.6 Å². The molecule has 2 aromatic rings. The molecule has 0 bridgehead atoms. The van der Waals surface area contributed by atoms with Gasteiger partial charge in [0.2, 0.25) is 17.7 Å². The van der Waals surface area contributed by atoms with Gasteiger partial charge in [-0.25, -0.2) is 0 Å². The molecule has 152 valence electrons. The maximum Gasteiger partial charge on any atom is 0.244 e. The summed E-state index contributed by atoms with van der Waals surface area (Å²) in [4.78, 5) is 40.3. The number of amides is 3. The summed E-state index contributed by atoms with van der Waals surface area (Å²) in [5, 5.41) is 3.27. The number of anilines is 1. The van der Waals surface area contributed by atoms with Crippen molar-refractivity contribution in [2.24, 2.45) is 5.92 Å². The highest BCUT2D eigenvalue weighted by Gasteiger charge is 2.36. The highest BCUT2D eigenvalue weighted by Crippen LogP contribution is 2.29. The highest BCUT2D eigenvalue weighted by atomic mass is 35.5. The van der Waals surface area contributed by atoms with Gasteiger partial charge < -0.3 is 15.1 Å². The topological polar surface area (TPSA) is 69.7 Å². The van der Waals surface area contributed by atoms with Gasteiger partial charge in [0.15, 0.2) is 0 Å². The van der Waals surface area contributed by atoms with Crippen LogP contribution in [0.3, 0.4) is 0 Å². The van der Waals surface area contributed by atoms with Gasteiger partial charge in [-0.1, -0.05) is 59.6 Å². The van der Waals surface area contributed by atoms with Crippen molar-refractivity contribution in [1.82, 2.24) is 9.80 Å². The van der Waals surface area contributed by atoms with Gasteiger partial charge in [-0.2, -0.15) is 0 Å². The van der Waals surface area contributed by atoms with Crippen molar-refractivity contribution >= 4 is 46.6 Å². The zero-order valence-electron chi connectivity index (χ0n) is 15.9. The molecule has 8 heteroatoms. The van der Waals surface area contributed by atoms with Gasteiger partial charge in [-0.05, 0) is 17.7 Å². The molecule has 1 heterocycles. The van der Waals surface area contributed by atoms with E-state index in [2.05, 4.69) is 5.32 Å². The molecule has 0 aromatic heterocycles. The molecule has 1 fully saturated rings. The zero-order valence-corrected chi connectivity index (χ0v) is 17.4. The number of likely N-dealkylation sites (tertiary alicyclic amines) is 1. The van der Waals surface area contributed by atoms with Crippen molar-refractivity contribution in [3.05, 3.63) is 64.1 Å². The number of hydrogen-bond donors (Lipinski definition) is 1. The van der Waals surface area contributed by atoms with E-state index < -0.39 is 11.8 Å². The van der Waals surface area contributed by atoms with Gasteiger partial charge in [0.05, 0.1) is 28.2 Å². The van der Waals surface area contributed by atoms with Crippen LogP contribution >= 0.6 is 23.2 Å². The van der Waals surface area contributed by atoms with Crippen molar-refractivity contribution < 1.29 is 14.4 Å². The number of rotatable bonds is 6. The molecule has 1 aliphatic rings. The quantitative estimate of drug-likeness (QED) is 0.758. The second-order valence-electron chi connectivity index (χ2n) is 7.00. The molecule has 0 radical (unpaired) electrons. The van der Waals surface area contributed by atoms with Crippen LogP contribution in [0.15, 0.2) is 48.5 Å². The normalized spacial score (nSPS) is 16.0. The molecular formula is C21H21Cl2N3O3. The summed E-state index contributed by atoms with van der Waals surface area (Å²) in [7, 11) is 1.54. The second kappa shape index (κ2) is 9.29. The van der Waals surface area contributed by atoms with Crippen molar-refractivity contribution in [3.8, 4) is 0 Å². The van der Waals surface area contributed by atoms with E-state index in [9.17, 15) is 14.4 Å². The van der Waals surface area contributed by atoms with Crippen LogP contribution in [0, 0.1) is 5.92 Å². The van der Waals surface area contributed by atoms with Gasteiger partial charge in [0.25, 0.3) is 0 Å². The lowest BCUT2D eigenvalue weighted by Crippen LogP contribution is -2.39. The molecule has 0 aliphatic carbocycles. The van der Waals surface area contributed by atoms with E-state index in [1.807, 2.05) is 30.3 Å². The van der Waals surface area contributed by atoms with Crippen LogP contribution in [0.1, 0.15) is 12.0 Å². The molecule has 3 amide bonds. The summed E-state index contributed by atoms with van der Waals surface area (Å²) in [6.07, 6.45) is 0.147. The molecular weight excluding hydrogens is 413 g/mol. The van der Waals surface area contributed by atoms with Crippen LogP contribution < -0.4 is 5.32 Å². The average molecular weight is 434 g/mol. The Labute approximate surface area is 179 Å². The SMILES string of the molecule is CN(CC(=O)Nc1c(Cl)cccc1Cl)C(=O)[C@@H]1CC(=O)N(Cc2ccccc2)C1. The van der Waals surface area contributed by atoms with Crippen LogP contribution in [0.4, 0.5) is 5.69 Å². The fraction of sp³-hybridized carbons (Fsp3) is 0.286. The Hall–Kier alpha value is -2.57. The highest BCUT2D eigenvalue weighted by molar-refractivity contribution is 6.39. The molecule has 6 nitrogen and oxygen atoms in total. The Morgan fingerprint density at radius 1 is 1.10 bits per heavy atom. The Morgan fingerprint density at radius 2 is 1.76 bits per heavy atom. The monoisotopic (exact) mass is 433 g/mol. The lowest BCUT2D eigenvalue weighted by atomic mass is 10.1.